The largest absolute Gasteiger partial charge is 0.444 e. The van der Waals surface area contributed by atoms with Gasteiger partial charge >= 0.3 is 6.09 Å². The van der Waals surface area contributed by atoms with Gasteiger partial charge in [0.2, 0.25) is 17.6 Å². The Kier molecular flexibility index (Phi) is 10.6. The normalized spacial score (nSPS) is 23.1. The SMILES string of the molecule is C=CCCNC(=O)C(=O)C(CCC)NC(=O)[C@@H]1[C@H]2CC(C)(C)[C@H]2CN1C(=O)C(NC(=O)OC(C)(C)C)C(C)(C)C. The summed E-state index contributed by atoms with van der Waals surface area (Å²) in [5, 5.41) is 8.11. The molecule has 1 saturated carbocycles. The first kappa shape index (κ1) is 33.3. The van der Waals surface area contributed by atoms with Crippen LogP contribution < -0.4 is 16.0 Å². The van der Waals surface area contributed by atoms with E-state index in [-0.39, 0.29) is 29.7 Å². The molecule has 40 heavy (non-hydrogen) atoms. The molecule has 2 unspecified atom stereocenters. The van der Waals surface area contributed by atoms with E-state index in [1.807, 2.05) is 27.7 Å². The summed E-state index contributed by atoms with van der Waals surface area (Å²) in [6.07, 6.45) is 3.07. The van der Waals surface area contributed by atoms with Crippen LogP contribution in [-0.4, -0.2) is 71.3 Å². The smallest absolute Gasteiger partial charge is 0.408 e. The second kappa shape index (κ2) is 12.7. The Balaban J connectivity index is 2.32. The van der Waals surface area contributed by atoms with Crippen molar-refractivity contribution in [2.45, 2.75) is 112 Å². The quantitative estimate of drug-likeness (QED) is 0.201. The summed E-state index contributed by atoms with van der Waals surface area (Å²) in [6, 6.07) is -2.75. The molecule has 1 heterocycles. The van der Waals surface area contributed by atoms with E-state index < -0.39 is 52.8 Å². The fraction of sp³-hybridized carbons (Fsp3) is 0.767. The zero-order chi connectivity index (χ0) is 30.6. The lowest BCUT2D eigenvalue weighted by Crippen LogP contribution is -2.60. The maximum Gasteiger partial charge on any atom is 0.408 e. The number of amides is 4. The van der Waals surface area contributed by atoms with Crippen molar-refractivity contribution >= 4 is 29.6 Å². The van der Waals surface area contributed by atoms with Crippen molar-refractivity contribution in [1.29, 1.82) is 0 Å². The lowest BCUT2D eigenvalue weighted by atomic mass is 9.55. The van der Waals surface area contributed by atoms with Crippen molar-refractivity contribution in [1.82, 2.24) is 20.9 Å². The number of rotatable bonds is 11. The van der Waals surface area contributed by atoms with E-state index in [1.54, 1.807) is 31.7 Å². The number of likely N-dealkylation sites (tertiary alicyclic amines) is 1. The molecule has 0 spiro atoms. The lowest BCUT2D eigenvalue weighted by molar-refractivity contribution is -0.145. The van der Waals surface area contributed by atoms with E-state index in [9.17, 15) is 24.0 Å². The van der Waals surface area contributed by atoms with Gasteiger partial charge in [0.15, 0.2) is 0 Å². The van der Waals surface area contributed by atoms with E-state index in [2.05, 4.69) is 36.4 Å². The van der Waals surface area contributed by atoms with E-state index in [0.717, 1.165) is 6.42 Å². The van der Waals surface area contributed by atoms with Gasteiger partial charge in [-0.2, -0.15) is 0 Å². The molecule has 5 atom stereocenters. The van der Waals surface area contributed by atoms with Crippen LogP contribution in [0.25, 0.3) is 0 Å². The number of Topliss-reactive ketones (excluding diaryl/α,β-unsaturated/α-hetero) is 1. The van der Waals surface area contributed by atoms with Crippen LogP contribution in [0, 0.1) is 22.7 Å². The summed E-state index contributed by atoms with van der Waals surface area (Å²) < 4.78 is 5.42. The number of nitrogens with zero attached hydrogens (tertiary/aromatic N) is 1. The molecule has 1 aliphatic carbocycles. The summed E-state index contributed by atoms with van der Waals surface area (Å²) in [6.45, 7) is 21.1. The molecule has 2 aliphatic rings. The molecule has 1 aliphatic heterocycles. The minimum Gasteiger partial charge on any atom is -0.444 e. The van der Waals surface area contributed by atoms with Gasteiger partial charge < -0.3 is 25.6 Å². The minimum absolute atomic E-state index is 0.0578. The van der Waals surface area contributed by atoms with Gasteiger partial charge in [0.1, 0.15) is 17.7 Å². The molecule has 10 heteroatoms. The van der Waals surface area contributed by atoms with Gasteiger partial charge in [-0.15, -0.1) is 6.58 Å². The molecule has 0 radical (unpaired) electrons. The number of fused-ring (bicyclic) bond motifs is 1. The highest BCUT2D eigenvalue weighted by molar-refractivity contribution is 6.38. The van der Waals surface area contributed by atoms with Gasteiger partial charge in [-0.05, 0) is 62.7 Å². The number of carbonyl (C=O) groups excluding carboxylic acids is 5. The van der Waals surface area contributed by atoms with Gasteiger partial charge in [-0.3, -0.25) is 19.2 Å². The summed E-state index contributed by atoms with van der Waals surface area (Å²) >= 11 is 0. The molecule has 0 aromatic carbocycles. The van der Waals surface area contributed by atoms with Crippen molar-refractivity contribution in [3.63, 3.8) is 0 Å². The van der Waals surface area contributed by atoms with Gasteiger partial charge in [-0.1, -0.05) is 54.0 Å². The second-order valence-corrected chi connectivity index (χ2v) is 13.9. The molecule has 0 bridgehead atoms. The highest BCUT2D eigenvalue weighted by Crippen LogP contribution is 2.57. The molecule has 4 amide bonds. The molecule has 2 fully saturated rings. The predicted octanol–water partition coefficient (Wildman–Crippen LogP) is 3.35. The molecule has 2 rings (SSSR count). The first-order valence-electron chi connectivity index (χ1n) is 14.4. The van der Waals surface area contributed by atoms with Crippen LogP contribution in [0.5, 0.6) is 0 Å². The predicted molar refractivity (Wildman–Crippen MR) is 153 cm³/mol. The Hall–Kier alpha value is -2.91. The zero-order valence-corrected chi connectivity index (χ0v) is 25.8. The maximum absolute atomic E-state index is 14.1. The molecular weight excluding hydrogens is 512 g/mol. The Morgan fingerprint density at radius 1 is 1.07 bits per heavy atom. The number of hydrogen-bond acceptors (Lipinski definition) is 6. The van der Waals surface area contributed by atoms with Crippen LogP contribution in [0.4, 0.5) is 4.79 Å². The van der Waals surface area contributed by atoms with Crippen LogP contribution >= 0.6 is 0 Å². The standard InChI is InChI=1S/C30H50N4O6/c1-11-13-15-31-25(37)22(35)20(14-12-2)32-24(36)21-18-16-30(9,10)19(18)17-34(21)26(38)23(28(3,4)5)33-27(39)40-29(6,7)8/h11,18-21,23H,1,12-17H2,2-10H3,(H,31,37)(H,32,36)(H,33,39)/t18-,19-,20?,21-,23?/m0/s1. The molecule has 0 aromatic rings. The third-order valence-electron chi connectivity index (χ3n) is 7.81. The number of carbonyl (C=O) groups is 5. The van der Waals surface area contributed by atoms with E-state index in [4.69, 9.17) is 4.74 Å². The fourth-order valence-electron chi connectivity index (χ4n) is 5.74. The third-order valence-corrected chi connectivity index (χ3v) is 7.81. The van der Waals surface area contributed by atoms with Crippen molar-refractivity contribution in [2.24, 2.45) is 22.7 Å². The molecule has 3 N–H and O–H groups in total. The van der Waals surface area contributed by atoms with Crippen LogP contribution in [0.3, 0.4) is 0 Å². The Labute approximate surface area is 239 Å². The highest BCUT2D eigenvalue weighted by Gasteiger charge is 2.61. The van der Waals surface area contributed by atoms with Gasteiger partial charge in [0, 0.05) is 13.1 Å². The topological polar surface area (TPSA) is 134 Å². The number of alkyl carbamates (subject to hydrolysis) is 1. The lowest BCUT2D eigenvalue weighted by Gasteiger charge is -2.48. The van der Waals surface area contributed by atoms with Crippen LogP contribution in [0.1, 0.15) is 88.0 Å². The Morgan fingerprint density at radius 3 is 2.20 bits per heavy atom. The van der Waals surface area contributed by atoms with Crippen molar-refractivity contribution in [2.75, 3.05) is 13.1 Å². The second-order valence-electron chi connectivity index (χ2n) is 13.9. The van der Waals surface area contributed by atoms with E-state index in [0.29, 0.717) is 25.8 Å². The van der Waals surface area contributed by atoms with Crippen molar-refractivity contribution in [3.8, 4) is 0 Å². The van der Waals surface area contributed by atoms with Crippen LogP contribution in [0.15, 0.2) is 12.7 Å². The maximum atomic E-state index is 14.1. The number of nitrogens with one attached hydrogen (secondary N) is 3. The molecule has 0 aromatic heterocycles. The molecule has 1 saturated heterocycles. The molecular formula is C30H50N4O6. The minimum atomic E-state index is -0.997. The van der Waals surface area contributed by atoms with Gasteiger partial charge in [0.05, 0.1) is 6.04 Å². The number of ether oxygens (including phenoxy) is 1. The van der Waals surface area contributed by atoms with Gasteiger partial charge in [0.25, 0.3) is 5.91 Å². The summed E-state index contributed by atoms with van der Waals surface area (Å²) in [5.74, 6) is -2.27. The number of ketones is 1. The Morgan fingerprint density at radius 2 is 1.70 bits per heavy atom. The Bertz CT molecular complexity index is 993. The average Bonchev–Trinajstić information content (AvgIpc) is 3.14. The van der Waals surface area contributed by atoms with Crippen molar-refractivity contribution in [3.05, 3.63) is 12.7 Å². The van der Waals surface area contributed by atoms with Crippen molar-refractivity contribution < 1.29 is 28.7 Å². The molecule has 226 valence electrons. The van der Waals surface area contributed by atoms with Gasteiger partial charge in [-0.25, -0.2) is 4.79 Å². The average molecular weight is 563 g/mol. The summed E-state index contributed by atoms with van der Waals surface area (Å²) in [5.41, 5.74) is -1.47. The van der Waals surface area contributed by atoms with E-state index >= 15 is 0 Å². The third kappa shape index (κ3) is 8.07. The summed E-state index contributed by atoms with van der Waals surface area (Å²) in [7, 11) is 0. The first-order valence-corrected chi connectivity index (χ1v) is 14.4. The molecule has 10 nitrogen and oxygen atoms in total. The van der Waals surface area contributed by atoms with E-state index in [1.165, 1.54) is 0 Å². The number of hydrogen-bond donors (Lipinski definition) is 3. The fourth-order valence-corrected chi connectivity index (χ4v) is 5.74. The van der Waals surface area contributed by atoms with Crippen LogP contribution in [0.2, 0.25) is 0 Å². The monoisotopic (exact) mass is 562 g/mol. The van der Waals surface area contributed by atoms with Crippen LogP contribution in [-0.2, 0) is 23.9 Å². The summed E-state index contributed by atoms with van der Waals surface area (Å²) in [4.78, 5) is 67.5. The first-order chi connectivity index (χ1) is 18.3. The highest BCUT2D eigenvalue weighted by atomic mass is 16.6. The zero-order valence-electron chi connectivity index (χ0n) is 25.8.